The highest BCUT2D eigenvalue weighted by molar-refractivity contribution is 5.91. The summed E-state index contributed by atoms with van der Waals surface area (Å²) in [6.45, 7) is 2.79. The van der Waals surface area contributed by atoms with E-state index in [0.717, 1.165) is 18.5 Å². The van der Waals surface area contributed by atoms with Crippen LogP contribution in [0.4, 0.5) is 0 Å². The lowest BCUT2D eigenvalue weighted by molar-refractivity contribution is -0.116. The monoisotopic (exact) mass is 269 g/mol. The average molecular weight is 269 g/mol. The van der Waals surface area contributed by atoms with E-state index in [2.05, 4.69) is 30.4 Å². The predicted octanol–water partition coefficient (Wildman–Crippen LogP) is 4.01. The lowest BCUT2D eigenvalue weighted by atomic mass is 9.97. The van der Waals surface area contributed by atoms with Crippen LogP contribution in [0.3, 0.4) is 0 Å². The van der Waals surface area contributed by atoms with E-state index in [0.29, 0.717) is 0 Å². The molecule has 0 aliphatic heterocycles. The van der Waals surface area contributed by atoms with Gasteiger partial charge >= 0.3 is 0 Å². The SMILES string of the molecule is Cc1cccc(/C=C/C(=O)NCCC2=CCCCC2)c1. The first-order chi connectivity index (χ1) is 9.74. The number of rotatable bonds is 5. The van der Waals surface area contributed by atoms with Crippen LogP contribution < -0.4 is 5.32 Å². The van der Waals surface area contributed by atoms with Crippen molar-refractivity contribution in [1.82, 2.24) is 5.32 Å². The fraction of sp³-hybridized carbons (Fsp3) is 0.389. The number of nitrogens with one attached hydrogen (secondary N) is 1. The highest BCUT2D eigenvalue weighted by atomic mass is 16.1. The van der Waals surface area contributed by atoms with Gasteiger partial charge in [0.05, 0.1) is 0 Å². The first kappa shape index (κ1) is 14.6. The first-order valence-electron chi connectivity index (χ1n) is 7.44. The minimum absolute atomic E-state index is 0.0112. The van der Waals surface area contributed by atoms with Gasteiger partial charge < -0.3 is 5.32 Å². The van der Waals surface area contributed by atoms with Crippen molar-refractivity contribution < 1.29 is 4.79 Å². The lowest BCUT2D eigenvalue weighted by Gasteiger charge is -2.12. The van der Waals surface area contributed by atoms with Gasteiger partial charge in [0.2, 0.25) is 5.91 Å². The Balaban J connectivity index is 1.73. The molecule has 1 aliphatic carbocycles. The molecule has 0 radical (unpaired) electrons. The summed E-state index contributed by atoms with van der Waals surface area (Å²) in [4.78, 5) is 11.7. The third-order valence-electron chi connectivity index (χ3n) is 3.60. The summed E-state index contributed by atoms with van der Waals surface area (Å²) in [6.07, 6.45) is 11.8. The quantitative estimate of drug-likeness (QED) is 0.635. The van der Waals surface area contributed by atoms with Crippen molar-refractivity contribution in [1.29, 1.82) is 0 Å². The molecule has 1 aromatic rings. The molecular weight excluding hydrogens is 246 g/mol. The van der Waals surface area contributed by atoms with E-state index in [1.165, 1.54) is 36.8 Å². The fourth-order valence-electron chi connectivity index (χ4n) is 2.48. The van der Waals surface area contributed by atoms with E-state index in [4.69, 9.17) is 0 Å². The maximum absolute atomic E-state index is 11.7. The number of carbonyl (C=O) groups is 1. The number of carbonyl (C=O) groups excluding carboxylic acids is 1. The molecule has 2 heteroatoms. The smallest absolute Gasteiger partial charge is 0.244 e. The molecule has 1 N–H and O–H groups in total. The number of benzene rings is 1. The zero-order chi connectivity index (χ0) is 14.2. The standard InChI is InChI=1S/C18H23NO/c1-15-6-5-9-17(14-15)10-11-18(20)19-13-12-16-7-3-2-4-8-16/h5-7,9-11,14H,2-4,8,12-13H2,1H3,(H,19,20)/b11-10+. The third-order valence-corrected chi connectivity index (χ3v) is 3.60. The number of amides is 1. The van der Waals surface area contributed by atoms with Gasteiger partial charge in [-0.25, -0.2) is 0 Å². The molecule has 0 atom stereocenters. The number of aryl methyl sites for hydroxylation is 1. The topological polar surface area (TPSA) is 29.1 Å². The van der Waals surface area contributed by atoms with Crippen LogP contribution in [0.5, 0.6) is 0 Å². The Morgan fingerprint density at radius 2 is 2.25 bits per heavy atom. The maximum Gasteiger partial charge on any atom is 0.244 e. The van der Waals surface area contributed by atoms with E-state index in [1.807, 2.05) is 18.2 Å². The molecule has 0 unspecified atom stereocenters. The molecule has 1 aromatic carbocycles. The Labute approximate surface area is 121 Å². The molecule has 1 amide bonds. The van der Waals surface area contributed by atoms with E-state index < -0.39 is 0 Å². The second-order valence-electron chi connectivity index (χ2n) is 5.40. The van der Waals surface area contributed by atoms with Crippen molar-refractivity contribution >= 4 is 12.0 Å². The molecule has 0 heterocycles. The Morgan fingerprint density at radius 1 is 1.35 bits per heavy atom. The maximum atomic E-state index is 11.7. The molecule has 0 aromatic heterocycles. The average Bonchev–Trinajstić information content (AvgIpc) is 2.46. The second-order valence-corrected chi connectivity index (χ2v) is 5.40. The van der Waals surface area contributed by atoms with E-state index in [9.17, 15) is 4.79 Å². The molecule has 0 saturated carbocycles. The second kappa shape index (κ2) is 7.68. The largest absolute Gasteiger partial charge is 0.352 e. The van der Waals surface area contributed by atoms with Gasteiger partial charge in [-0.2, -0.15) is 0 Å². The van der Waals surface area contributed by atoms with Gasteiger partial charge in [0, 0.05) is 12.6 Å². The van der Waals surface area contributed by atoms with Gasteiger partial charge in [-0.05, 0) is 50.7 Å². The molecule has 1 aliphatic rings. The fourth-order valence-corrected chi connectivity index (χ4v) is 2.48. The number of hydrogen-bond donors (Lipinski definition) is 1. The summed E-state index contributed by atoms with van der Waals surface area (Å²) < 4.78 is 0. The van der Waals surface area contributed by atoms with Crippen molar-refractivity contribution in [2.75, 3.05) is 6.54 Å². The highest BCUT2D eigenvalue weighted by Gasteiger charge is 2.03. The van der Waals surface area contributed by atoms with Crippen LogP contribution in [0.1, 0.15) is 43.2 Å². The molecule has 0 spiro atoms. The van der Waals surface area contributed by atoms with E-state index >= 15 is 0 Å². The third kappa shape index (κ3) is 5.04. The molecule has 2 nitrogen and oxygen atoms in total. The van der Waals surface area contributed by atoms with Gasteiger partial charge in [-0.1, -0.05) is 41.5 Å². The molecule has 0 saturated heterocycles. The zero-order valence-electron chi connectivity index (χ0n) is 12.2. The van der Waals surface area contributed by atoms with Crippen LogP contribution in [-0.2, 0) is 4.79 Å². The molecule has 20 heavy (non-hydrogen) atoms. The number of hydrogen-bond acceptors (Lipinski definition) is 1. The summed E-state index contributed by atoms with van der Waals surface area (Å²) in [5.74, 6) is -0.0112. The van der Waals surface area contributed by atoms with Gasteiger partial charge in [0.25, 0.3) is 0 Å². The van der Waals surface area contributed by atoms with Crippen molar-refractivity contribution in [3.63, 3.8) is 0 Å². The molecular formula is C18H23NO. The van der Waals surface area contributed by atoms with Crippen molar-refractivity contribution in [2.24, 2.45) is 0 Å². The Hall–Kier alpha value is -1.83. The summed E-state index contributed by atoms with van der Waals surface area (Å²) >= 11 is 0. The first-order valence-corrected chi connectivity index (χ1v) is 7.44. The summed E-state index contributed by atoms with van der Waals surface area (Å²) in [5.41, 5.74) is 3.77. The normalized spacial score (nSPS) is 15.2. The number of allylic oxidation sites excluding steroid dienone is 1. The predicted molar refractivity (Wildman–Crippen MR) is 84.4 cm³/mol. The molecule has 2 rings (SSSR count). The van der Waals surface area contributed by atoms with Crippen molar-refractivity contribution in [2.45, 2.75) is 39.0 Å². The molecule has 0 fully saturated rings. The van der Waals surface area contributed by atoms with Crippen LogP contribution in [-0.4, -0.2) is 12.5 Å². The molecule has 0 bridgehead atoms. The van der Waals surface area contributed by atoms with Crippen molar-refractivity contribution in [3.8, 4) is 0 Å². The lowest BCUT2D eigenvalue weighted by Crippen LogP contribution is -2.22. The zero-order valence-corrected chi connectivity index (χ0v) is 12.2. The van der Waals surface area contributed by atoms with Crippen LogP contribution in [0.2, 0.25) is 0 Å². The Kier molecular flexibility index (Phi) is 5.60. The van der Waals surface area contributed by atoms with E-state index in [-0.39, 0.29) is 5.91 Å². The minimum atomic E-state index is -0.0112. The van der Waals surface area contributed by atoms with Gasteiger partial charge in [0.15, 0.2) is 0 Å². The Morgan fingerprint density at radius 3 is 3.00 bits per heavy atom. The minimum Gasteiger partial charge on any atom is -0.352 e. The summed E-state index contributed by atoms with van der Waals surface area (Å²) in [7, 11) is 0. The van der Waals surface area contributed by atoms with E-state index in [1.54, 1.807) is 6.08 Å². The van der Waals surface area contributed by atoms with Crippen LogP contribution >= 0.6 is 0 Å². The summed E-state index contributed by atoms with van der Waals surface area (Å²) in [6, 6.07) is 8.12. The Bertz CT molecular complexity index is 514. The van der Waals surface area contributed by atoms with Gasteiger partial charge in [0.1, 0.15) is 0 Å². The summed E-state index contributed by atoms with van der Waals surface area (Å²) in [5, 5.41) is 2.95. The highest BCUT2D eigenvalue weighted by Crippen LogP contribution is 2.19. The van der Waals surface area contributed by atoms with Crippen molar-refractivity contribution in [3.05, 3.63) is 53.1 Å². The van der Waals surface area contributed by atoms with Gasteiger partial charge in [-0.15, -0.1) is 0 Å². The van der Waals surface area contributed by atoms with Crippen LogP contribution in [0.25, 0.3) is 6.08 Å². The molecule has 106 valence electrons. The van der Waals surface area contributed by atoms with Crippen LogP contribution in [0, 0.1) is 6.92 Å². The van der Waals surface area contributed by atoms with Gasteiger partial charge in [-0.3, -0.25) is 4.79 Å². The van der Waals surface area contributed by atoms with Crippen LogP contribution in [0.15, 0.2) is 42.0 Å².